The van der Waals surface area contributed by atoms with Crippen molar-refractivity contribution < 1.29 is 14.6 Å². The van der Waals surface area contributed by atoms with Crippen LogP contribution < -0.4 is 5.32 Å². The molecule has 0 spiro atoms. The van der Waals surface area contributed by atoms with Crippen LogP contribution in [0.1, 0.15) is 28.0 Å². The minimum absolute atomic E-state index is 0.155. The second kappa shape index (κ2) is 7.60. The van der Waals surface area contributed by atoms with E-state index in [9.17, 15) is 9.90 Å². The number of aliphatic hydroxyl groups excluding tert-OH is 1. The third-order valence-corrected chi connectivity index (χ3v) is 6.06. The van der Waals surface area contributed by atoms with Crippen LogP contribution in [0.5, 0.6) is 0 Å². The zero-order valence-corrected chi connectivity index (χ0v) is 15.3. The van der Waals surface area contributed by atoms with Crippen LogP contribution >= 0.6 is 22.7 Å². The number of aromatic nitrogens is 1. The molecule has 0 unspecified atom stereocenters. The first-order valence-corrected chi connectivity index (χ1v) is 9.55. The van der Waals surface area contributed by atoms with E-state index >= 15 is 0 Å². The number of nitrogens with one attached hydrogen (secondary N) is 1. The number of thiazole rings is 1. The summed E-state index contributed by atoms with van der Waals surface area (Å²) >= 11 is 2.99. The summed E-state index contributed by atoms with van der Waals surface area (Å²) in [7, 11) is 0. The molecule has 2 N–H and O–H groups in total. The second-order valence-electron chi connectivity index (χ2n) is 5.78. The van der Waals surface area contributed by atoms with Gasteiger partial charge in [0.15, 0.2) is 5.13 Å². The Morgan fingerprint density at radius 1 is 1.58 bits per heavy atom. The van der Waals surface area contributed by atoms with Gasteiger partial charge in [-0.2, -0.15) is 0 Å². The van der Waals surface area contributed by atoms with Gasteiger partial charge < -0.3 is 14.7 Å². The number of urea groups is 1. The highest BCUT2D eigenvalue weighted by atomic mass is 32.1. The third kappa shape index (κ3) is 3.94. The molecule has 6 nitrogen and oxygen atoms in total. The second-order valence-corrected chi connectivity index (χ2v) is 7.96. The minimum Gasteiger partial charge on any atom is -0.387 e. The number of hydrogen-bond acceptors (Lipinski definition) is 6. The Morgan fingerprint density at radius 3 is 3.08 bits per heavy atom. The summed E-state index contributed by atoms with van der Waals surface area (Å²) in [6.45, 7) is 5.37. The molecular formula is C16H21N3O3S2. The van der Waals surface area contributed by atoms with Crippen LogP contribution in [0.2, 0.25) is 0 Å². The Hall–Kier alpha value is -1.48. The number of nitrogens with zero attached hydrogens (tertiary/aromatic N) is 2. The quantitative estimate of drug-likeness (QED) is 0.870. The van der Waals surface area contributed by atoms with Crippen LogP contribution in [0.25, 0.3) is 0 Å². The highest BCUT2D eigenvalue weighted by molar-refractivity contribution is 7.15. The van der Waals surface area contributed by atoms with Crippen molar-refractivity contribution in [1.29, 1.82) is 0 Å². The Labute approximate surface area is 149 Å². The van der Waals surface area contributed by atoms with Gasteiger partial charge >= 0.3 is 6.03 Å². The smallest absolute Gasteiger partial charge is 0.324 e. The van der Waals surface area contributed by atoms with Gasteiger partial charge in [0.1, 0.15) is 0 Å². The number of carbonyl (C=O) groups is 1. The fourth-order valence-electron chi connectivity index (χ4n) is 2.66. The maximum atomic E-state index is 12.6. The molecule has 3 heterocycles. The number of amides is 2. The first-order valence-electron chi connectivity index (χ1n) is 7.85. The van der Waals surface area contributed by atoms with Crippen molar-refractivity contribution in [1.82, 2.24) is 9.88 Å². The Bertz CT molecular complexity index is 667. The van der Waals surface area contributed by atoms with E-state index in [1.807, 2.05) is 31.4 Å². The van der Waals surface area contributed by atoms with E-state index in [-0.39, 0.29) is 12.1 Å². The fourth-order valence-corrected chi connectivity index (χ4v) is 4.19. The van der Waals surface area contributed by atoms with Gasteiger partial charge in [-0.3, -0.25) is 5.32 Å². The molecule has 2 aromatic heterocycles. The molecule has 3 rings (SSSR count). The lowest BCUT2D eigenvalue weighted by Gasteiger charge is -2.36. The lowest BCUT2D eigenvalue weighted by molar-refractivity contribution is -0.00382. The molecule has 2 atom stereocenters. The zero-order valence-electron chi connectivity index (χ0n) is 13.7. The Balaban J connectivity index is 1.66. The summed E-state index contributed by atoms with van der Waals surface area (Å²) in [4.78, 5) is 20.7. The number of ether oxygens (including phenoxy) is 1. The maximum Gasteiger partial charge on any atom is 0.324 e. The van der Waals surface area contributed by atoms with Gasteiger partial charge in [-0.15, -0.1) is 22.7 Å². The maximum absolute atomic E-state index is 12.6. The van der Waals surface area contributed by atoms with Gasteiger partial charge in [0.05, 0.1) is 31.1 Å². The molecule has 24 heavy (non-hydrogen) atoms. The van der Waals surface area contributed by atoms with Gasteiger partial charge in [-0.05, 0) is 25.3 Å². The third-order valence-electron chi connectivity index (χ3n) is 4.10. The zero-order chi connectivity index (χ0) is 17.1. The largest absolute Gasteiger partial charge is 0.387 e. The Kier molecular flexibility index (Phi) is 5.50. The van der Waals surface area contributed by atoms with Crippen molar-refractivity contribution in [3.63, 3.8) is 0 Å². The number of morpholine rings is 1. The van der Waals surface area contributed by atoms with Crippen molar-refractivity contribution >= 4 is 33.8 Å². The number of thiophene rings is 1. The van der Waals surface area contributed by atoms with Crippen molar-refractivity contribution in [2.45, 2.75) is 32.4 Å². The summed E-state index contributed by atoms with van der Waals surface area (Å²) in [5.41, 5.74) is 0.932. The predicted octanol–water partition coefficient (Wildman–Crippen LogP) is 3.18. The van der Waals surface area contributed by atoms with Crippen LogP contribution in [0.15, 0.2) is 17.5 Å². The molecule has 1 aliphatic heterocycles. The lowest BCUT2D eigenvalue weighted by Crippen LogP contribution is -2.50. The normalized spacial score (nSPS) is 19.3. The van der Waals surface area contributed by atoms with Gasteiger partial charge in [0.25, 0.3) is 0 Å². The molecule has 0 bridgehead atoms. The van der Waals surface area contributed by atoms with Crippen LogP contribution in [-0.4, -0.2) is 46.8 Å². The molecular weight excluding hydrogens is 346 g/mol. The Morgan fingerprint density at radius 2 is 2.42 bits per heavy atom. The van der Waals surface area contributed by atoms with Gasteiger partial charge in [-0.25, -0.2) is 9.78 Å². The lowest BCUT2D eigenvalue weighted by atomic mass is 10.1. The molecule has 0 aliphatic carbocycles. The molecule has 1 aliphatic rings. The van der Waals surface area contributed by atoms with Crippen LogP contribution in [0, 0.1) is 13.8 Å². The first-order chi connectivity index (χ1) is 11.5. The van der Waals surface area contributed by atoms with E-state index < -0.39 is 6.10 Å². The molecule has 2 amide bonds. The van der Waals surface area contributed by atoms with E-state index in [2.05, 4.69) is 10.3 Å². The standard InChI is InChI=1S/C16H21N3O3S2/c1-10-11(2)24-15(17-10)18-16(21)19-5-6-22-9-12(19)8-13(20)14-4-3-7-23-14/h3-4,7,12-13,20H,5-6,8-9H2,1-2H3,(H,17,18,21)/t12-,13-/m1/s1. The van der Waals surface area contributed by atoms with Crippen LogP contribution in [0.3, 0.4) is 0 Å². The van der Waals surface area contributed by atoms with Gasteiger partial charge in [0.2, 0.25) is 0 Å². The summed E-state index contributed by atoms with van der Waals surface area (Å²) in [6.07, 6.45) is -0.125. The highest BCUT2D eigenvalue weighted by Crippen LogP contribution is 2.27. The van der Waals surface area contributed by atoms with Gasteiger partial charge in [0, 0.05) is 22.7 Å². The van der Waals surface area contributed by atoms with E-state index in [0.717, 1.165) is 15.4 Å². The average Bonchev–Trinajstić information content (AvgIpc) is 3.18. The summed E-state index contributed by atoms with van der Waals surface area (Å²) < 4.78 is 5.51. The summed E-state index contributed by atoms with van der Waals surface area (Å²) in [6, 6.07) is 3.48. The topological polar surface area (TPSA) is 74.7 Å². The highest BCUT2D eigenvalue weighted by Gasteiger charge is 2.30. The van der Waals surface area contributed by atoms with Crippen molar-refractivity contribution in [2.75, 3.05) is 25.1 Å². The average molecular weight is 367 g/mol. The molecule has 0 aromatic carbocycles. The summed E-state index contributed by atoms with van der Waals surface area (Å²) in [5, 5.41) is 15.8. The predicted molar refractivity (Wildman–Crippen MR) is 95.8 cm³/mol. The number of aryl methyl sites for hydroxylation is 2. The minimum atomic E-state index is -0.587. The van der Waals surface area contributed by atoms with Crippen molar-refractivity contribution in [3.05, 3.63) is 33.0 Å². The molecule has 0 saturated carbocycles. The van der Waals surface area contributed by atoms with E-state index in [1.165, 1.54) is 22.7 Å². The number of aliphatic hydroxyl groups is 1. The van der Waals surface area contributed by atoms with E-state index in [0.29, 0.717) is 31.3 Å². The molecule has 1 fully saturated rings. The molecule has 130 valence electrons. The monoisotopic (exact) mass is 367 g/mol. The molecule has 8 heteroatoms. The van der Waals surface area contributed by atoms with E-state index in [1.54, 1.807) is 4.90 Å². The first kappa shape index (κ1) is 17.3. The van der Waals surface area contributed by atoms with Crippen LogP contribution in [0.4, 0.5) is 9.93 Å². The molecule has 1 saturated heterocycles. The van der Waals surface area contributed by atoms with Crippen molar-refractivity contribution in [3.8, 4) is 0 Å². The number of hydrogen-bond donors (Lipinski definition) is 2. The number of anilines is 1. The number of carbonyl (C=O) groups excluding carboxylic acids is 1. The van der Waals surface area contributed by atoms with Crippen molar-refractivity contribution in [2.24, 2.45) is 0 Å². The summed E-state index contributed by atoms with van der Waals surface area (Å²) in [5.74, 6) is 0. The fraction of sp³-hybridized carbons (Fsp3) is 0.500. The SMILES string of the molecule is Cc1nc(NC(=O)N2CCOC[C@H]2C[C@@H](O)c2cccs2)sc1C. The molecule has 0 radical (unpaired) electrons. The van der Waals surface area contributed by atoms with E-state index in [4.69, 9.17) is 4.74 Å². The molecule has 2 aromatic rings. The van der Waals surface area contributed by atoms with Gasteiger partial charge in [-0.1, -0.05) is 6.07 Å². The number of rotatable bonds is 4. The van der Waals surface area contributed by atoms with Crippen LogP contribution in [-0.2, 0) is 4.74 Å².